The van der Waals surface area contributed by atoms with Crippen molar-refractivity contribution in [1.82, 2.24) is 9.62 Å². The van der Waals surface area contributed by atoms with Crippen molar-refractivity contribution in [1.29, 1.82) is 0 Å². The maximum Gasteiger partial charge on any atom is 0.286 e. The van der Waals surface area contributed by atoms with E-state index in [4.69, 9.17) is 20.6 Å². The molecule has 34 heavy (non-hydrogen) atoms. The van der Waals surface area contributed by atoms with Crippen LogP contribution >= 0.6 is 0 Å². The molecule has 10 heteroatoms. The molecule has 1 aliphatic rings. The van der Waals surface area contributed by atoms with Crippen LogP contribution in [0.4, 0.5) is 0 Å². The number of hydrogen-bond acceptors (Lipinski definition) is 7. The highest BCUT2D eigenvalue weighted by molar-refractivity contribution is 7.89. The number of terminal acetylenes is 1. The van der Waals surface area contributed by atoms with Crippen molar-refractivity contribution < 1.29 is 32.5 Å². The topological polar surface area (TPSA) is 114 Å². The van der Waals surface area contributed by atoms with Crippen molar-refractivity contribution >= 4 is 15.9 Å². The Morgan fingerprint density at radius 1 is 1.29 bits per heavy atom. The molecule has 188 valence electrons. The highest BCUT2D eigenvalue weighted by atomic mass is 32.2. The molecule has 1 aromatic rings. The van der Waals surface area contributed by atoms with E-state index in [-0.39, 0.29) is 54.8 Å². The first-order valence-corrected chi connectivity index (χ1v) is 12.4. The number of aliphatic hydroxyl groups excluding tert-OH is 1. The van der Waals surface area contributed by atoms with Crippen molar-refractivity contribution in [2.24, 2.45) is 11.3 Å². The number of ether oxygens (including phenoxy) is 3. The second-order valence-electron chi connectivity index (χ2n) is 8.85. The quantitative estimate of drug-likeness (QED) is 0.450. The molecule has 2 atom stereocenters. The van der Waals surface area contributed by atoms with Gasteiger partial charge < -0.3 is 24.6 Å². The Balaban J connectivity index is 2.08. The molecule has 2 N–H and O–H groups in total. The van der Waals surface area contributed by atoms with Gasteiger partial charge in [0.15, 0.2) is 5.76 Å². The average molecular weight is 495 g/mol. The molecule has 9 nitrogen and oxygen atoms in total. The third-order valence-corrected chi connectivity index (χ3v) is 7.35. The molecule has 1 amide bonds. The predicted molar refractivity (Wildman–Crippen MR) is 127 cm³/mol. The monoisotopic (exact) mass is 494 g/mol. The Bertz CT molecular complexity index is 992. The molecule has 0 unspecified atom stereocenters. The van der Waals surface area contributed by atoms with E-state index in [1.807, 2.05) is 0 Å². The number of rotatable bonds is 11. The van der Waals surface area contributed by atoms with Crippen LogP contribution in [0.25, 0.3) is 0 Å². The molecule has 2 rings (SSSR count). The normalized spacial score (nSPS) is 18.6. The molecule has 0 saturated carbocycles. The van der Waals surface area contributed by atoms with E-state index in [1.165, 1.54) is 19.2 Å². The van der Waals surface area contributed by atoms with E-state index in [2.05, 4.69) is 32.0 Å². The van der Waals surface area contributed by atoms with Gasteiger partial charge in [-0.1, -0.05) is 26.7 Å². The zero-order valence-corrected chi connectivity index (χ0v) is 20.9. The van der Waals surface area contributed by atoms with Gasteiger partial charge in [-0.25, -0.2) is 8.42 Å². The van der Waals surface area contributed by atoms with E-state index in [0.717, 1.165) is 4.31 Å². The zero-order chi connectivity index (χ0) is 25.4. The first-order valence-electron chi connectivity index (χ1n) is 11.0. The Morgan fingerprint density at radius 2 is 1.97 bits per heavy atom. The van der Waals surface area contributed by atoms with E-state index in [9.17, 15) is 18.3 Å². The zero-order valence-electron chi connectivity index (χ0n) is 20.1. The van der Waals surface area contributed by atoms with Gasteiger partial charge in [-0.3, -0.25) is 4.79 Å². The summed E-state index contributed by atoms with van der Waals surface area (Å²) in [7, 11) is -2.36. The number of hydrogen-bond donors (Lipinski definition) is 2. The summed E-state index contributed by atoms with van der Waals surface area (Å²) < 4.78 is 43.9. The summed E-state index contributed by atoms with van der Waals surface area (Å²) in [6.45, 7) is 5.81. The lowest BCUT2D eigenvalue weighted by Gasteiger charge is -2.36. The van der Waals surface area contributed by atoms with Crippen molar-refractivity contribution in [3.8, 4) is 18.1 Å². The summed E-state index contributed by atoms with van der Waals surface area (Å²) in [5.41, 5.74) is -0.149. The number of amides is 1. The number of nitrogens with one attached hydrogen (secondary N) is 1. The number of allylic oxidation sites excluding steroid dienone is 1. The Hall–Kier alpha value is -2.58. The fourth-order valence-electron chi connectivity index (χ4n) is 3.39. The van der Waals surface area contributed by atoms with Crippen LogP contribution in [0.5, 0.6) is 5.75 Å². The summed E-state index contributed by atoms with van der Waals surface area (Å²) in [5, 5.41) is 12.0. The fourth-order valence-corrected chi connectivity index (χ4v) is 4.80. The highest BCUT2D eigenvalue weighted by Crippen LogP contribution is 2.36. The summed E-state index contributed by atoms with van der Waals surface area (Å²) >= 11 is 0. The molecule has 0 aliphatic carbocycles. The van der Waals surface area contributed by atoms with Crippen LogP contribution in [0, 0.1) is 23.7 Å². The van der Waals surface area contributed by atoms with Crippen LogP contribution in [0.2, 0.25) is 0 Å². The van der Waals surface area contributed by atoms with Gasteiger partial charge >= 0.3 is 0 Å². The second kappa shape index (κ2) is 12.2. The average Bonchev–Trinajstić information content (AvgIpc) is 2.81. The largest absolute Gasteiger partial charge is 0.497 e. The summed E-state index contributed by atoms with van der Waals surface area (Å²) in [4.78, 5) is 12.5. The van der Waals surface area contributed by atoms with Crippen LogP contribution in [-0.2, 0) is 24.3 Å². The van der Waals surface area contributed by atoms with Crippen LogP contribution in [-0.4, -0.2) is 70.0 Å². The van der Waals surface area contributed by atoms with Gasteiger partial charge in [-0.05, 0) is 41.7 Å². The van der Waals surface area contributed by atoms with Crippen LogP contribution in [0.3, 0.4) is 0 Å². The highest BCUT2D eigenvalue weighted by Gasteiger charge is 2.34. The SMILES string of the molecule is C#CCNC(=O)C1=C[C@H](C(C)(C)C)C[C@H](OCCN(CCO)S(=O)(=O)c2ccc(OC)cc2)O1. The minimum absolute atomic E-state index is 0.00267. The number of carbonyl (C=O) groups is 1. The molecule has 0 fully saturated rings. The third kappa shape index (κ3) is 7.46. The number of methoxy groups -OCH3 is 1. The van der Waals surface area contributed by atoms with Gasteiger partial charge in [0.2, 0.25) is 16.3 Å². The molecule has 0 aromatic heterocycles. The van der Waals surface area contributed by atoms with Gasteiger partial charge in [0.05, 0.1) is 31.8 Å². The number of nitrogens with zero attached hydrogens (tertiary/aromatic N) is 1. The molecule has 0 radical (unpaired) electrons. The number of sulfonamides is 1. The molecule has 0 bridgehead atoms. The Morgan fingerprint density at radius 3 is 2.53 bits per heavy atom. The lowest BCUT2D eigenvalue weighted by Crippen LogP contribution is -2.39. The van der Waals surface area contributed by atoms with Crippen LogP contribution in [0.1, 0.15) is 27.2 Å². The number of aliphatic hydroxyl groups is 1. The first kappa shape index (κ1) is 27.7. The standard InChI is InChI=1S/C24H34N2O7S/c1-6-11-25-23(28)21-16-18(24(2,3)4)17-22(33-21)32-15-13-26(12-14-27)34(29,30)20-9-7-19(31-5)8-10-20/h1,7-10,16,18,22,27H,11-15,17H2,2-5H3,(H,25,28)/t18-,22+/m0/s1. The van der Waals surface area contributed by atoms with E-state index in [1.54, 1.807) is 18.2 Å². The van der Waals surface area contributed by atoms with Crippen LogP contribution in [0.15, 0.2) is 41.0 Å². The van der Waals surface area contributed by atoms with Gasteiger partial charge in [0, 0.05) is 19.5 Å². The molecular weight excluding hydrogens is 460 g/mol. The molecule has 1 aliphatic heterocycles. The molecule has 1 aromatic carbocycles. The van der Waals surface area contributed by atoms with Gasteiger partial charge in [0.1, 0.15) is 5.75 Å². The minimum Gasteiger partial charge on any atom is -0.497 e. The number of benzene rings is 1. The smallest absolute Gasteiger partial charge is 0.286 e. The van der Waals surface area contributed by atoms with Gasteiger partial charge in [-0.2, -0.15) is 4.31 Å². The van der Waals surface area contributed by atoms with E-state index in [0.29, 0.717) is 12.2 Å². The molecule has 1 heterocycles. The van der Waals surface area contributed by atoms with Gasteiger partial charge in [0.25, 0.3) is 5.91 Å². The summed E-state index contributed by atoms with van der Waals surface area (Å²) in [6, 6.07) is 6.01. The van der Waals surface area contributed by atoms with Crippen molar-refractivity contribution in [3.05, 3.63) is 36.1 Å². The van der Waals surface area contributed by atoms with Crippen molar-refractivity contribution in [3.63, 3.8) is 0 Å². The number of carbonyl (C=O) groups excluding carboxylic acids is 1. The Kier molecular flexibility index (Phi) is 9.94. The predicted octanol–water partition coefficient (Wildman–Crippen LogP) is 1.74. The summed E-state index contributed by atoms with van der Waals surface area (Å²) in [6.07, 6.45) is 6.75. The van der Waals surface area contributed by atoms with E-state index < -0.39 is 22.2 Å². The lowest BCUT2D eigenvalue weighted by molar-refractivity contribution is -0.152. The first-order chi connectivity index (χ1) is 16.0. The van der Waals surface area contributed by atoms with Crippen LogP contribution < -0.4 is 10.1 Å². The van der Waals surface area contributed by atoms with Gasteiger partial charge in [-0.15, -0.1) is 6.42 Å². The second-order valence-corrected chi connectivity index (χ2v) is 10.8. The van der Waals surface area contributed by atoms with E-state index >= 15 is 0 Å². The van der Waals surface area contributed by atoms with Crippen molar-refractivity contribution in [2.75, 3.05) is 40.0 Å². The van der Waals surface area contributed by atoms with Crippen molar-refractivity contribution in [2.45, 2.75) is 38.4 Å². The summed E-state index contributed by atoms with van der Waals surface area (Å²) in [5.74, 6) is 2.58. The Labute approximate surface area is 202 Å². The minimum atomic E-state index is -3.86. The molecule has 0 saturated heterocycles. The maximum atomic E-state index is 13.0. The molecular formula is C24H34N2O7S. The maximum absolute atomic E-state index is 13.0. The fraction of sp³-hybridized carbons (Fsp3) is 0.542. The molecule has 0 spiro atoms. The lowest BCUT2D eigenvalue weighted by atomic mass is 9.77. The third-order valence-electron chi connectivity index (χ3n) is 5.44.